The fourth-order valence-corrected chi connectivity index (χ4v) is 3.63. The van der Waals surface area contributed by atoms with Crippen LogP contribution in [-0.4, -0.2) is 43.6 Å². The van der Waals surface area contributed by atoms with Crippen LogP contribution in [0.2, 0.25) is 5.02 Å². The second kappa shape index (κ2) is 6.60. The van der Waals surface area contributed by atoms with E-state index < -0.39 is 5.60 Å². The molecule has 114 valence electrons. The maximum Gasteiger partial charge on any atom is 0.113 e. The quantitative estimate of drug-likeness (QED) is 0.804. The van der Waals surface area contributed by atoms with E-state index in [-0.39, 0.29) is 0 Å². The molecule has 1 unspecified atom stereocenters. The fraction of sp³-hybridized carbons (Fsp3) is 0.467. The van der Waals surface area contributed by atoms with Crippen molar-refractivity contribution < 1.29 is 9.84 Å². The number of hydrogen-bond acceptors (Lipinski definition) is 5. The Morgan fingerprint density at radius 2 is 2.38 bits per heavy atom. The van der Waals surface area contributed by atoms with Crippen molar-refractivity contribution in [2.24, 2.45) is 0 Å². The summed E-state index contributed by atoms with van der Waals surface area (Å²) in [7, 11) is 0. The van der Waals surface area contributed by atoms with Crippen LogP contribution < -0.4 is 10.6 Å². The standard InChI is InChI=1S/C15H19ClN2O2S/c16-12-1-2-14-13(5-12)11(7-21-14)6-18-9-15(19)8-17-3-4-20-10-15/h1-2,5,7,17-19H,3-4,6,8-10H2. The van der Waals surface area contributed by atoms with Gasteiger partial charge in [0.15, 0.2) is 0 Å². The smallest absolute Gasteiger partial charge is 0.113 e. The normalized spacial score (nSPS) is 23.3. The summed E-state index contributed by atoms with van der Waals surface area (Å²) in [5, 5.41) is 21.1. The highest BCUT2D eigenvalue weighted by molar-refractivity contribution is 7.17. The Labute approximate surface area is 133 Å². The van der Waals surface area contributed by atoms with Crippen molar-refractivity contribution in [2.45, 2.75) is 12.1 Å². The fourth-order valence-electron chi connectivity index (χ4n) is 2.51. The van der Waals surface area contributed by atoms with E-state index in [0.717, 1.165) is 11.6 Å². The zero-order chi connectivity index (χ0) is 14.7. The largest absolute Gasteiger partial charge is 0.385 e. The first-order valence-corrected chi connectivity index (χ1v) is 8.29. The molecule has 0 aliphatic carbocycles. The number of thiophene rings is 1. The van der Waals surface area contributed by atoms with Gasteiger partial charge in [0, 0.05) is 35.9 Å². The predicted molar refractivity (Wildman–Crippen MR) is 87.2 cm³/mol. The van der Waals surface area contributed by atoms with E-state index in [0.29, 0.717) is 32.8 Å². The lowest BCUT2D eigenvalue weighted by molar-refractivity contribution is -0.0264. The third-order valence-corrected chi connectivity index (χ3v) is 4.88. The van der Waals surface area contributed by atoms with Gasteiger partial charge in [0.1, 0.15) is 5.60 Å². The minimum absolute atomic E-state index is 0.364. The summed E-state index contributed by atoms with van der Waals surface area (Å²) in [6.45, 7) is 3.56. The predicted octanol–water partition coefficient (Wildman–Crippen LogP) is 2.00. The van der Waals surface area contributed by atoms with Crippen molar-refractivity contribution in [3.05, 3.63) is 34.2 Å². The summed E-state index contributed by atoms with van der Waals surface area (Å²) in [4.78, 5) is 0. The maximum atomic E-state index is 10.5. The molecule has 0 spiro atoms. The number of fused-ring (bicyclic) bond motifs is 1. The Kier molecular flexibility index (Phi) is 4.78. The van der Waals surface area contributed by atoms with Gasteiger partial charge in [0.25, 0.3) is 0 Å². The van der Waals surface area contributed by atoms with Gasteiger partial charge in [0.2, 0.25) is 0 Å². The van der Waals surface area contributed by atoms with E-state index in [1.54, 1.807) is 11.3 Å². The van der Waals surface area contributed by atoms with Crippen LogP contribution in [0.1, 0.15) is 5.56 Å². The van der Waals surface area contributed by atoms with E-state index in [1.165, 1.54) is 15.6 Å². The summed E-state index contributed by atoms with van der Waals surface area (Å²) < 4.78 is 6.65. The van der Waals surface area contributed by atoms with Crippen molar-refractivity contribution in [3.8, 4) is 0 Å². The van der Waals surface area contributed by atoms with E-state index in [1.807, 2.05) is 18.2 Å². The summed E-state index contributed by atoms with van der Waals surface area (Å²) in [5.74, 6) is 0. The Morgan fingerprint density at radius 3 is 3.29 bits per heavy atom. The van der Waals surface area contributed by atoms with Crippen molar-refractivity contribution >= 4 is 33.0 Å². The average molecular weight is 327 g/mol. The molecular formula is C15H19ClN2O2S. The SMILES string of the molecule is OC1(CNCc2csc3ccc(Cl)cc23)CNCCOC1. The first-order valence-electron chi connectivity index (χ1n) is 7.03. The Balaban J connectivity index is 1.62. The van der Waals surface area contributed by atoms with E-state index in [4.69, 9.17) is 16.3 Å². The molecular weight excluding hydrogens is 308 g/mol. The van der Waals surface area contributed by atoms with Crippen LogP contribution in [0.25, 0.3) is 10.1 Å². The highest BCUT2D eigenvalue weighted by atomic mass is 35.5. The summed E-state index contributed by atoms with van der Waals surface area (Å²) >= 11 is 7.78. The first-order chi connectivity index (χ1) is 10.2. The van der Waals surface area contributed by atoms with Gasteiger partial charge < -0.3 is 20.5 Å². The molecule has 0 amide bonds. The molecule has 1 aliphatic heterocycles. The summed E-state index contributed by atoms with van der Waals surface area (Å²) in [6, 6.07) is 5.95. The molecule has 0 bridgehead atoms. The number of β-amino-alcohol motifs (C(OH)–C–C–N with tert-alkyl or cyclic N) is 1. The second-order valence-corrected chi connectivity index (χ2v) is 6.81. The molecule has 2 aromatic rings. The highest BCUT2D eigenvalue weighted by Gasteiger charge is 2.28. The molecule has 1 aliphatic rings. The van der Waals surface area contributed by atoms with Crippen molar-refractivity contribution in [1.82, 2.24) is 10.6 Å². The second-order valence-electron chi connectivity index (χ2n) is 5.46. The molecule has 1 atom stereocenters. The number of halogens is 1. The topological polar surface area (TPSA) is 53.5 Å². The molecule has 6 heteroatoms. The van der Waals surface area contributed by atoms with Crippen LogP contribution in [0.3, 0.4) is 0 Å². The van der Waals surface area contributed by atoms with Gasteiger partial charge in [-0.1, -0.05) is 11.6 Å². The molecule has 0 radical (unpaired) electrons. The molecule has 0 saturated carbocycles. The highest BCUT2D eigenvalue weighted by Crippen LogP contribution is 2.28. The van der Waals surface area contributed by atoms with Gasteiger partial charge in [-0.2, -0.15) is 0 Å². The molecule has 1 aromatic carbocycles. The third kappa shape index (κ3) is 3.74. The zero-order valence-electron chi connectivity index (χ0n) is 11.7. The molecule has 2 heterocycles. The van der Waals surface area contributed by atoms with Crippen LogP contribution in [0.5, 0.6) is 0 Å². The molecule has 3 rings (SSSR count). The van der Waals surface area contributed by atoms with Gasteiger partial charge in [0.05, 0.1) is 13.2 Å². The monoisotopic (exact) mass is 326 g/mol. The van der Waals surface area contributed by atoms with Crippen molar-refractivity contribution in [2.75, 3.05) is 32.8 Å². The Hall–Kier alpha value is -0.690. The van der Waals surface area contributed by atoms with Crippen LogP contribution >= 0.6 is 22.9 Å². The summed E-state index contributed by atoms with van der Waals surface area (Å²) in [6.07, 6.45) is 0. The Morgan fingerprint density at radius 1 is 1.48 bits per heavy atom. The molecule has 1 aromatic heterocycles. The number of hydrogen-bond donors (Lipinski definition) is 3. The molecule has 1 fully saturated rings. The molecule has 1 saturated heterocycles. The maximum absolute atomic E-state index is 10.5. The lowest BCUT2D eigenvalue weighted by Crippen LogP contribution is -2.50. The molecule has 3 N–H and O–H groups in total. The number of aliphatic hydroxyl groups is 1. The lowest BCUT2D eigenvalue weighted by Gasteiger charge is -2.26. The van der Waals surface area contributed by atoms with Crippen molar-refractivity contribution in [3.63, 3.8) is 0 Å². The van der Waals surface area contributed by atoms with Gasteiger partial charge in [-0.05, 0) is 34.5 Å². The number of nitrogens with one attached hydrogen (secondary N) is 2. The number of rotatable bonds is 4. The van der Waals surface area contributed by atoms with Gasteiger partial charge >= 0.3 is 0 Å². The molecule has 21 heavy (non-hydrogen) atoms. The minimum atomic E-state index is -0.847. The van der Waals surface area contributed by atoms with E-state index in [9.17, 15) is 5.11 Å². The van der Waals surface area contributed by atoms with Crippen LogP contribution in [0.15, 0.2) is 23.6 Å². The van der Waals surface area contributed by atoms with E-state index in [2.05, 4.69) is 16.0 Å². The average Bonchev–Trinajstić information content (AvgIpc) is 2.72. The number of benzene rings is 1. The van der Waals surface area contributed by atoms with E-state index >= 15 is 0 Å². The van der Waals surface area contributed by atoms with Crippen LogP contribution in [-0.2, 0) is 11.3 Å². The number of ether oxygens (including phenoxy) is 1. The van der Waals surface area contributed by atoms with Gasteiger partial charge in [-0.25, -0.2) is 0 Å². The third-order valence-electron chi connectivity index (χ3n) is 3.63. The van der Waals surface area contributed by atoms with Gasteiger partial charge in [-0.15, -0.1) is 11.3 Å². The first kappa shape index (κ1) is 15.2. The van der Waals surface area contributed by atoms with Crippen molar-refractivity contribution in [1.29, 1.82) is 0 Å². The van der Waals surface area contributed by atoms with Crippen LogP contribution in [0.4, 0.5) is 0 Å². The lowest BCUT2D eigenvalue weighted by atomic mass is 10.1. The zero-order valence-corrected chi connectivity index (χ0v) is 13.3. The minimum Gasteiger partial charge on any atom is -0.385 e. The van der Waals surface area contributed by atoms with Gasteiger partial charge in [-0.3, -0.25) is 0 Å². The summed E-state index contributed by atoms with van der Waals surface area (Å²) in [5.41, 5.74) is 0.364. The molecule has 4 nitrogen and oxygen atoms in total. The van der Waals surface area contributed by atoms with Crippen LogP contribution in [0, 0.1) is 0 Å². The Bertz CT molecular complexity index is 609.